The Morgan fingerprint density at radius 2 is 0.900 bits per heavy atom. The van der Waals surface area contributed by atoms with Crippen LogP contribution in [-0.4, -0.2) is 12.7 Å². The highest BCUT2D eigenvalue weighted by Gasteiger charge is 2.17. The van der Waals surface area contributed by atoms with Gasteiger partial charge in [-0.25, -0.2) is 0 Å². The quantitative estimate of drug-likeness (QED) is 0.205. The van der Waals surface area contributed by atoms with Gasteiger partial charge in [0.05, 0.1) is 0 Å². The molecule has 6 rings (SSSR count). The van der Waals surface area contributed by atoms with Crippen LogP contribution in [0, 0.1) is 0 Å². The highest BCUT2D eigenvalue weighted by Crippen LogP contribution is 2.41. The molecule has 0 unspecified atom stereocenters. The molecule has 0 atom stereocenters. The zero-order chi connectivity index (χ0) is 27.1. The molecule has 0 fully saturated rings. The molecule has 0 saturated heterocycles. The van der Waals surface area contributed by atoms with Gasteiger partial charge in [0, 0.05) is 23.1 Å². The van der Waals surface area contributed by atoms with Crippen LogP contribution < -0.4 is 9.55 Å². The van der Waals surface area contributed by atoms with Crippen LogP contribution in [0.25, 0.3) is 33.4 Å². The maximum atomic E-state index is 9.29. The van der Waals surface area contributed by atoms with Gasteiger partial charge in [0.25, 0.3) is 0 Å². The third kappa shape index (κ3) is 5.53. The summed E-state index contributed by atoms with van der Waals surface area (Å²) in [5.74, 6) is 0.549. The van der Waals surface area contributed by atoms with Gasteiger partial charge in [0.2, 0.25) is 0 Å². The Kier molecular flexibility index (Phi) is 7.43. The Morgan fingerprint density at radius 1 is 0.400 bits per heavy atom. The second kappa shape index (κ2) is 11.8. The second-order valence-corrected chi connectivity index (χ2v) is 9.47. The van der Waals surface area contributed by atoms with Crippen molar-refractivity contribution in [2.24, 2.45) is 0 Å². The zero-order valence-corrected chi connectivity index (χ0v) is 21.9. The third-order valence-corrected chi connectivity index (χ3v) is 6.89. The van der Waals surface area contributed by atoms with E-state index in [1.807, 2.05) is 42.5 Å². The van der Waals surface area contributed by atoms with Crippen molar-refractivity contribution in [2.45, 2.75) is 0 Å². The van der Waals surface area contributed by atoms with Crippen molar-refractivity contribution in [3.63, 3.8) is 0 Å². The van der Waals surface area contributed by atoms with E-state index in [9.17, 15) is 5.02 Å². The molecule has 191 valence electrons. The van der Waals surface area contributed by atoms with E-state index in [0.29, 0.717) is 13.4 Å². The highest BCUT2D eigenvalue weighted by molar-refractivity contribution is 6.17. The molecule has 0 spiro atoms. The molecule has 0 aliphatic carbocycles. The fourth-order valence-corrected chi connectivity index (χ4v) is 4.97. The molecule has 6 aromatic rings. The monoisotopic (exact) mass is 516 g/mol. The average molecular weight is 516 g/mol. The Labute approximate surface area is 235 Å². The van der Waals surface area contributed by atoms with E-state index in [1.165, 1.54) is 5.56 Å². The van der Waals surface area contributed by atoms with E-state index in [0.717, 1.165) is 44.9 Å². The number of hydrogen-bond donors (Lipinski definition) is 1. The number of anilines is 3. The summed E-state index contributed by atoms with van der Waals surface area (Å²) >= 11 is 0. The van der Waals surface area contributed by atoms with Crippen LogP contribution in [0.15, 0.2) is 158 Å². The lowest BCUT2D eigenvalue weighted by atomic mass is 9.97. The van der Waals surface area contributed by atoms with E-state index in [2.05, 4.69) is 120 Å². The minimum atomic E-state index is 0.549. The van der Waals surface area contributed by atoms with Gasteiger partial charge in [-0.3, -0.25) is 0 Å². The fourth-order valence-electron chi connectivity index (χ4n) is 4.97. The summed E-state index contributed by atoms with van der Waals surface area (Å²) < 4.78 is 5.34. The number of nitrogens with zero attached hydrogens (tertiary/aromatic N) is 1. The van der Waals surface area contributed by atoms with E-state index in [1.54, 1.807) is 0 Å². The maximum absolute atomic E-state index is 9.29. The maximum Gasteiger partial charge on any atom is 0.569 e. The van der Waals surface area contributed by atoms with Gasteiger partial charge in [-0.05, 0) is 75.8 Å². The minimum Gasteiger partial charge on any atom is -0.537 e. The Bertz CT molecular complexity index is 1630. The predicted molar refractivity (Wildman–Crippen MR) is 166 cm³/mol. The van der Waals surface area contributed by atoms with Gasteiger partial charge in [0.15, 0.2) is 0 Å². The fraction of sp³-hybridized carbons (Fsp3) is 0. The van der Waals surface area contributed by atoms with Crippen molar-refractivity contribution in [3.8, 4) is 39.1 Å². The first-order chi connectivity index (χ1) is 19.8. The lowest BCUT2D eigenvalue weighted by molar-refractivity contribution is 0.454. The molecule has 40 heavy (non-hydrogen) atoms. The van der Waals surface area contributed by atoms with Gasteiger partial charge in [0.1, 0.15) is 5.75 Å². The van der Waals surface area contributed by atoms with Crippen molar-refractivity contribution >= 4 is 24.7 Å². The summed E-state index contributed by atoms with van der Waals surface area (Å²) in [6.45, 7) is 0. The summed E-state index contributed by atoms with van der Waals surface area (Å²) in [5, 5.41) is 9.29. The van der Waals surface area contributed by atoms with Crippen molar-refractivity contribution in [3.05, 3.63) is 158 Å². The van der Waals surface area contributed by atoms with Crippen LogP contribution in [0.4, 0.5) is 17.1 Å². The van der Waals surface area contributed by atoms with E-state index < -0.39 is 0 Å². The summed E-state index contributed by atoms with van der Waals surface area (Å²) in [4.78, 5) is 2.22. The molecule has 0 bridgehead atoms. The first kappa shape index (κ1) is 25.2. The van der Waals surface area contributed by atoms with E-state index >= 15 is 0 Å². The molecule has 0 aliphatic heterocycles. The average Bonchev–Trinajstić information content (AvgIpc) is 3.03. The summed E-state index contributed by atoms with van der Waals surface area (Å²) in [7, 11) is 0.710. The standard InChI is InChI=1S/C36H27BNO2/c39-37-40-36-18-10-17-34(26-36)38(33-21-19-30(20-22-33)27-11-4-1-5-12-27)35-24-31(28-13-6-2-7-14-28)23-32(25-35)29-15-8-3-9-16-29/h1-26,39H. The Hall–Kier alpha value is -5.06. The molecular formula is C36H27BNO2. The van der Waals surface area contributed by atoms with Crippen LogP contribution in [0.3, 0.4) is 0 Å². The van der Waals surface area contributed by atoms with Crippen LogP contribution in [0.1, 0.15) is 0 Å². The van der Waals surface area contributed by atoms with Crippen molar-refractivity contribution in [1.29, 1.82) is 0 Å². The minimum absolute atomic E-state index is 0.549. The smallest absolute Gasteiger partial charge is 0.537 e. The van der Waals surface area contributed by atoms with Crippen LogP contribution in [-0.2, 0) is 0 Å². The second-order valence-electron chi connectivity index (χ2n) is 9.47. The van der Waals surface area contributed by atoms with Crippen molar-refractivity contribution in [1.82, 2.24) is 0 Å². The van der Waals surface area contributed by atoms with Crippen LogP contribution in [0.2, 0.25) is 0 Å². The molecule has 1 radical (unpaired) electrons. The molecule has 0 saturated carbocycles. The number of rotatable bonds is 8. The molecule has 0 amide bonds. The first-order valence-electron chi connectivity index (χ1n) is 13.2. The highest BCUT2D eigenvalue weighted by atomic mass is 16.5. The molecule has 0 aromatic heterocycles. The topological polar surface area (TPSA) is 32.7 Å². The van der Waals surface area contributed by atoms with Crippen LogP contribution >= 0.6 is 0 Å². The third-order valence-electron chi connectivity index (χ3n) is 6.89. The summed E-state index contributed by atoms with van der Waals surface area (Å²) in [6.07, 6.45) is 0. The number of hydrogen-bond acceptors (Lipinski definition) is 3. The zero-order valence-electron chi connectivity index (χ0n) is 21.9. The molecule has 1 N–H and O–H groups in total. The molecule has 6 aromatic carbocycles. The molecular weight excluding hydrogens is 489 g/mol. The van der Waals surface area contributed by atoms with Crippen LogP contribution in [0.5, 0.6) is 5.75 Å². The molecule has 0 aliphatic rings. The largest absolute Gasteiger partial charge is 0.569 e. The lowest BCUT2D eigenvalue weighted by Gasteiger charge is -2.27. The lowest BCUT2D eigenvalue weighted by Crippen LogP contribution is -2.11. The van der Waals surface area contributed by atoms with E-state index in [4.69, 9.17) is 4.65 Å². The molecule has 0 heterocycles. The van der Waals surface area contributed by atoms with Gasteiger partial charge < -0.3 is 14.6 Å². The van der Waals surface area contributed by atoms with E-state index in [-0.39, 0.29) is 0 Å². The summed E-state index contributed by atoms with van der Waals surface area (Å²) in [5.41, 5.74) is 9.80. The van der Waals surface area contributed by atoms with Gasteiger partial charge in [-0.2, -0.15) is 0 Å². The van der Waals surface area contributed by atoms with Crippen molar-refractivity contribution in [2.75, 3.05) is 4.90 Å². The van der Waals surface area contributed by atoms with Gasteiger partial charge in [-0.15, -0.1) is 0 Å². The normalized spacial score (nSPS) is 10.6. The Balaban J connectivity index is 1.53. The van der Waals surface area contributed by atoms with Gasteiger partial charge >= 0.3 is 7.69 Å². The van der Waals surface area contributed by atoms with Crippen molar-refractivity contribution < 1.29 is 9.68 Å². The molecule has 4 heteroatoms. The number of benzene rings is 6. The SMILES string of the molecule is O[B]Oc1cccc(N(c2ccc(-c3ccccc3)cc2)c2cc(-c3ccccc3)cc(-c3ccccc3)c2)c1. The predicted octanol–water partition coefficient (Wildman–Crippen LogP) is 9.06. The van der Waals surface area contributed by atoms with Gasteiger partial charge in [-0.1, -0.05) is 109 Å². The first-order valence-corrected chi connectivity index (χ1v) is 13.2. The Morgan fingerprint density at radius 3 is 1.43 bits per heavy atom. The molecule has 3 nitrogen and oxygen atoms in total. The summed E-state index contributed by atoms with van der Waals surface area (Å²) in [6, 6.07) is 54.3.